The van der Waals surface area contributed by atoms with Crippen molar-refractivity contribution in [3.63, 3.8) is 0 Å². The highest BCUT2D eigenvalue weighted by atomic mass is 35.5. The van der Waals surface area contributed by atoms with E-state index in [0.29, 0.717) is 23.7 Å². The largest absolute Gasteiger partial charge is 0.382 e. The van der Waals surface area contributed by atoms with Crippen LogP contribution in [0, 0.1) is 6.92 Å². The van der Waals surface area contributed by atoms with Crippen molar-refractivity contribution in [2.75, 3.05) is 5.32 Å². The minimum atomic E-state index is -0.662. The molecule has 2 aromatic carbocycles. The Labute approximate surface area is 167 Å². The van der Waals surface area contributed by atoms with Crippen LogP contribution in [0.1, 0.15) is 23.1 Å². The first-order valence-electron chi connectivity index (χ1n) is 8.95. The number of nitrogens with zero attached hydrogens (tertiary/aromatic N) is 3. The quantitative estimate of drug-likeness (QED) is 0.710. The van der Waals surface area contributed by atoms with E-state index in [1.54, 1.807) is 29.2 Å². The maximum absolute atomic E-state index is 12.5. The number of amides is 1. The lowest BCUT2D eigenvalue weighted by Gasteiger charge is -2.08. The molecule has 0 saturated carbocycles. The third kappa shape index (κ3) is 4.07. The number of anilines is 1. The number of oxime groups is 1. The summed E-state index contributed by atoms with van der Waals surface area (Å²) in [6.07, 6.45) is 3.18. The summed E-state index contributed by atoms with van der Waals surface area (Å²) in [6.45, 7) is 2.71. The highest BCUT2D eigenvalue weighted by Gasteiger charge is 2.29. The van der Waals surface area contributed by atoms with Gasteiger partial charge in [-0.05, 0) is 35.7 Å². The smallest absolute Gasteiger partial charge is 0.268 e. The number of nitrogens with one attached hydrogen (secondary N) is 1. The Hall–Kier alpha value is -3.12. The Morgan fingerprint density at radius 3 is 2.82 bits per heavy atom. The lowest BCUT2D eigenvalue weighted by atomic mass is 10.0. The summed E-state index contributed by atoms with van der Waals surface area (Å²) in [5, 5.41) is 11.9. The standard InChI is InChI=1S/C21H19ClN4O2/c1-14-4-2-3-5-16(14)12-26-13-18(11-23-26)24-21(27)20-10-19(25-28-20)15-6-8-17(22)9-7-15/h2-9,11,13,20H,10,12H2,1H3,(H,24,27). The molecule has 0 bridgehead atoms. The number of benzene rings is 2. The first kappa shape index (κ1) is 18.3. The van der Waals surface area contributed by atoms with E-state index >= 15 is 0 Å². The molecule has 7 heteroatoms. The van der Waals surface area contributed by atoms with Crippen LogP contribution in [0.2, 0.25) is 5.02 Å². The van der Waals surface area contributed by atoms with Crippen LogP contribution in [-0.2, 0) is 16.2 Å². The lowest BCUT2D eigenvalue weighted by Crippen LogP contribution is -2.27. The van der Waals surface area contributed by atoms with Gasteiger partial charge >= 0.3 is 0 Å². The number of carbonyl (C=O) groups excluding carboxylic acids is 1. The highest BCUT2D eigenvalue weighted by molar-refractivity contribution is 6.30. The van der Waals surface area contributed by atoms with Crippen LogP contribution < -0.4 is 5.32 Å². The zero-order valence-corrected chi connectivity index (χ0v) is 16.1. The van der Waals surface area contributed by atoms with Crippen LogP contribution in [0.5, 0.6) is 0 Å². The highest BCUT2D eigenvalue weighted by Crippen LogP contribution is 2.20. The zero-order valence-electron chi connectivity index (χ0n) is 15.3. The van der Waals surface area contributed by atoms with E-state index in [-0.39, 0.29) is 5.91 Å². The van der Waals surface area contributed by atoms with Crippen LogP contribution in [0.3, 0.4) is 0 Å². The summed E-state index contributed by atoms with van der Waals surface area (Å²) < 4.78 is 1.79. The molecule has 142 valence electrons. The lowest BCUT2D eigenvalue weighted by molar-refractivity contribution is -0.125. The number of carbonyl (C=O) groups is 1. The number of hydrogen-bond donors (Lipinski definition) is 1. The predicted octanol–water partition coefficient (Wildman–Crippen LogP) is 4.02. The second-order valence-electron chi connectivity index (χ2n) is 6.69. The molecule has 0 spiro atoms. The van der Waals surface area contributed by atoms with Gasteiger partial charge in [0.2, 0.25) is 6.10 Å². The Bertz CT molecular complexity index is 1030. The molecule has 1 atom stereocenters. The molecule has 6 nitrogen and oxygen atoms in total. The van der Waals surface area contributed by atoms with Gasteiger partial charge in [-0.2, -0.15) is 5.10 Å². The van der Waals surface area contributed by atoms with Gasteiger partial charge in [-0.1, -0.05) is 53.2 Å². The van der Waals surface area contributed by atoms with E-state index in [4.69, 9.17) is 16.4 Å². The van der Waals surface area contributed by atoms with E-state index in [1.165, 1.54) is 11.1 Å². The SMILES string of the molecule is Cc1ccccc1Cn1cc(NC(=O)C2CC(c3ccc(Cl)cc3)=NO2)cn1. The van der Waals surface area contributed by atoms with Crippen molar-refractivity contribution in [3.8, 4) is 0 Å². The first-order valence-corrected chi connectivity index (χ1v) is 9.33. The van der Waals surface area contributed by atoms with E-state index in [0.717, 1.165) is 11.3 Å². The molecule has 1 amide bonds. The number of hydrogen-bond acceptors (Lipinski definition) is 4. The molecule has 1 aliphatic heterocycles. The number of aryl methyl sites for hydroxylation is 1. The molecule has 3 aromatic rings. The van der Waals surface area contributed by atoms with E-state index in [2.05, 4.69) is 34.6 Å². The van der Waals surface area contributed by atoms with Gasteiger partial charge in [0.05, 0.1) is 24.1 Å². The molecule has 1 aliphatic rings. The van der Waals surface area contributed by atoms with Gasteiger partial charge in [0.1, 0.15) is 0 Å². The van der Waals surface area contributed by atoms with Gasteiger partial charge in [-0.25, -0.2) is 0 Å². The Balaban J connectivity index is 1.35. The second kappa shape index (κ2) is 7.86. The summed E-state index contributed by atoms with van der Waals surface area (Å²) in [5.74, 6) is -0.247. The van der Waals surface area contributed by atoms with Gasteiger partial charge in [0.15, 0.2) is 0 Å². The maximum atomic E-state index is 12.5. The second-order valence-corrected chi connectivity index (χ2v) is 7.12. The fourth-order valence-corrected chi connectivity index (χ4v) is 3.16. The fraction of sp³-hybridized carbons (Fsp3) is 0.190. The van der Waals surface area contributed by atoms with Crippen molar-refractivity contribution in [2.24, 2.45) is 5.16 Å². The summed E-state index contributed by atoms with van der Waals surface area (Å²) in [5.41, 5.74) is 4.64. The van der Waals surface area contributed by atoms with E-state index < -0.39 is 6.10 Å². The van der Waals surface area contributed by atoms with Crippen molar-refractivity contribution < 1.29 is 9.63 Å². The average molecular weight is 395 g/mol. The van der Waals surface area contributed by atoms with E-state index in [9.17, 15) is 4.79 Å². The molecule has 1 unspecified atom stereocenters. The van der Waals surface area contributed by atoms with Gasteiger partial charge in [-0.15, -0.1) is 0 Å². The normalized spacial score (nSPS) is 15.8. The molecule has 2 heterocycles. The van der Waals surface area contributed by atoms with Crippen molar-refractivity contribution >= 4 is 28.9 Å². The maximum Gasteiger partial charge on any atom is 0.268 e. The molecule has 0 saturated heterocycles. The summed E-state index contributed by atoms with van der Waals surface area (Å²) in [4.78, 5) is 17.8. The van der Waals surface area contributed by atoms with Crippen LogP contribution in [0.15, 0.2) is 66.1 Å². The fourth-order valence-electron chi connectivity index (χ4n) is 3.03. The Morgan fingerprint density at radius 2 is 2.04 bits per heavy atom. The molecule has 1 aromatic heterocycles. The number of aromatic nitrogens is 2. The van der Waals surface area contributed by atoms with Gasteiger partial charge in [0.25, 0.3) is 5.91 Å². The molecule has 0 aliphatic carbocycles. The third-order valence-corrected chi connectivity index (χ3v) is 4.89. The molecule has 4 rings (SSSR count). The molecule has 0 fully saturated rings. The Morgan fingerprint density at radius 1 is 1.25 bits per heavy atom. The van der Waals surface area contributed by atoms with Crippen LogP contribution >= 0.6 is 11.6 Å². The van der Waals surface area contributed by atoms with Gasteiger partial charge in [-0.3, -0.25) is 9.48 Å². The zero-order chi connectivity index (χ0) is 19.5. The van der Waals surface area contributed by atoms with Crippen molar-refractivity contribution in [1.82, 2.24) is 9.78 Å². The predicted molar refractivity (Wildman–Crippen MR) is 109 cm³/mol. The van der Waals surface area contributed by atoms with Crippen molar-refractivity contribution in [1.29, 1.82) is 0 Å². The summed E-state index contributed by atoms with van der Waals surface area (Å²) >= 11 is 5.91. The Kier molecular flexibility index (Phi) is 5.12. The van der Waals surface area contributed by atoms with Crippen LogP contribution in [-0.4, -0.2) is 27.5 Å². The first-order chi connectivity index (χ1) is 13.6. The van der Waals surface area contributed by atoms with Crippen LogP contribution in [0.25, 0.3) is 0 Å². The molecule has 1 N–H and O–H groups in total. The minimum absolute atomic E-state index is 0.247. The van der Waals surface area contributed by atoms with E-state index in [1.807, 2.05) is 24.3 Å². The van der Waals surface area contributed by atoms with Gasteiger partial charge < -0.3 is 10.2 Å². The number of rotatable bonds is 5. The van der Waals surface area contributed by atoms with Crippen molar-refractivity contribution in [2.45, 2.75) is 26.0 Å². The summed E-state index contributed by atoms with van der Waals surface area (Å²) in [7, 11) is 0. The molecular formula is C21H19ClN4O2. The van der Waals surface area contributed by atoms with Crippen molar-refractivity contribution in [3.05, 3.63) is 82.6 Å². The average Bonchev–Trinajstić information content (AvgIpc) is 3.34. The topological polar surface area (TPSA) is 68.5 Å². The minimum Gasteiger partial charge on any atom is -0.382 e. The summed E-state index contributed by atoms with van der Waals surface area (Å²) in [6, 6.07) is 15.4. The molecule has 0 radical (unpaired) electrons. The molecule has 28 heavy (non-hydrogen) atoms. The third-order valence-electron chi connectivity index (χ3n) is 4.63. The van der Waals surface area contributed by atoms with Gasteiger partial charge in [0, 0.05) is 17.6 Å². The number of halogens is 1. The monoisotopic (exact) mass is 394 g/mol. The molecular weight excluding hydrogens is 376 g/mol. The van der Waals surface area contributed by atoms with Crippen LogP contribution in [0.4, 0.5) is 5.69 Å².